The Morgan fingerprint density at radius 3 is 2.95 bits per heavy atom. The van der Waals surface area contributed by atoms with E-state index in [4.69, 9.17) is 16.3 Å². The van der Waals surface area contributed by atoms with Crippen LogP contribution in [-0.4, -0.2) is 38.3 Å². The molecule has 116 valence electrons. The standard InChI is InChI=1S/C16H23ClN2O2/c1-12-3-4-13(17)11-15(12)16(20)19-7-2-10-21-14-5-8-18-9-6-14/h3-4,11,14,18H,2,5-10H2,1H3,(H,19,20). The summed E-state index contributed by atoms with van der Waals surface area (Å²) in [6.07, 6.45) is 3.36. The van der Waals surface area contributed by atoms with Gasteiger partial charge in [0, 0.05) is 23.7 Å². The lowest BCUT2D eigenvalue weighted by Gasteiger charge is -2.22. The quantitative estimate of drug-likeness (QED) is 0.794. The van der Waals surface area contributed by atoms with Crippen LogP contribution in [0.15, 0.2) is 18.2 Å². The molecule has 1 fully saturated rings. The molecular formula is C16H23ClN2O2. The van der Waals surface area contributed by atoms with Crippen LogP contribution in [0.4, 0.5) is 0 Å². The molecule has 5 heteroatoms. The third-order valence-electron chi connectivity index (χ3n) is 3.69. The number of carbonyl (C=O) groups excluding carboxylic acids is 1. The van der Waals surface area contributed by atoms with Crippen LogP contribution >= 0.6 is 11.6 Å². The van der Waals surface area contributed by atoms with Gasteiger partial charge in [0.15, 0.2) is 0 Å². The molecule has 1 aromatic rings. The molecule has 2 rings (SSSR count). The summed E-state index contributed by atoms with van der Waals surface area (Å²) in [7, 11) is 0. The first-order valence-corrected chi connectivity index (χ1v) is 7.91. The molecule has 0 atom stereocenters. The SMILES string of the molecule is Cc1ccc(Cl)cc1C(=O)NCCCOC1CCNCC1. The van der Waals surface area contributed by atoms with Crippen molar-refractivity contribution >= 4 is 17.5 Å². The minimum Gasteiger partial charge on any atom is -0.378 e. The molecule has 1 saturated heterocycles. The Balaban J connectivity index is 1.66. The normalized spacial score (nSPS) is 15.9. The van der Waals surface area contributed by atoms with E-state index in [1.54, 1.807) is 12.1 Å². The van der Waals surface area contributed by atoms with Crippen molar-refractivity contribution < 1.29 is 9.53 Å². The number of rotatable bonds is 6. The van der Waals surface area contributed by atoms with Crippen molar-refractivity contribution in [2.45, 2.75) is 32.3 Å². The van der Waals surface area contributed by atoms with E-state index in [1.807, 2.05) is 13.0 Å². The number of benzene rings is 1. The van der Waals surface area contributed by atoms with Gasteiger partial charge < -0.3 is 15.4 Å². The van der Waals surface area contributed by atoms with Crippen LogP contribution in [0.2, 0.25) is 5.02 Å². The van der Waals surface area contributed by atoms with E-state index in [0.29, 0.717) is 29.8 Å². The summed E-state index contributed by atoms with van der Waals surface area (Å²) in [5, 5.41) is 6.81. The first-order valence-electron chi connectivity index (χ1n) is 7.53. The Kier molecular flexibility index (Phi) is 6.49. The van der Waals surface area contributed by atoms with Crippen molar-refractivity contribution in [3.8, 4) is 0 Å². The highest BCUT2D eigenvalue weighted by Gasteiger charge is 2.13. The van der Waals surface area contributed by atoms with Gasteiger partial charge in [-0.3, -0.25) is 4.79 Å². The number of piperidine rings is 1. The van der Waals surface area contributed by atoms with E-state index in [-0.39, 0.29) is 5.91 Å². The fourth-order valence-corrected chi connectivity index (χ4v) is 2.59. The highest BCUT2D eigenvalue weighted by atomic mass is 35.5. The van der Waals surface area contributed by atoms with Crippen molar-refractivity contribution in [2.75, 3.05) is 26.2 Å². The first-order chi connectivity index (χ1) is 10.2. The van der Waals surface area contributed by atoms with Crippen LogP contribution in [-0.2, 0) is 4.74 Å². The number of ether oxygens (including phenoxy) is 1. The first kappa shape index (κ1) is 16.3. The van der Waals surface area contributed by atoms with Crippen molar-refractivity contribution in [1.82, 2.24) is 10.6 Å². The van der Waals surface area contributed by atoms with Gasteiger partial charge >= 0.3 is 0 Å². The van der Waals surface area contributed by atoms with Gasteiger partial charge in [0.2, 0.25) is 0 Å². The predicted molar refractivity (Wildman–Crippen MR) is 85.0 cm³/mol. The van der Waals surface area contributed by atoms with Gasteiger partial charge in [-0.2, -0.15) is 0 Å². The summed E-state index contributed by atoms with van der Waals surface area (Å²) in [5.41, 5.74) is 1.57. The Labute approximate surface area is 131 Å². The molecule has 1 aliphatic rings. The predicted octanol–water partition coefficient (Wildman–Crippen LogP) is 2.54. The smallest absolute Gasteiger partial charge is 0.251 e. The van der Waals surface area contributed by atoms with E-state index in [1.165, 1.54) is 0 Å². The molecule has 0 saturated carbocycles. The molecule has 0 radical (unpaired) electrons. The topological polar surface area (TPSA) is 50.4 Å². The van der Waals surface area contributed by atoms with Gasteiger partial charge in [-0.1, -0.05) is 17.7 Å². The van der Waals surface area contributed by atoms with Gasteiger partial charge in [0.25, 0.3) is 5.91 Å². The minimum atomic E-state index is -0.0723. The Bertz CT molecular complexity index is 473. The molecule has 1 amide bonds. The number of hydrogen-bond acceptors (Lipinski definition) is 3. The maximum absolute atomic E-state index is 12.1. The van der Waals surface area contributed by atoms with Gasteiger partial charge in [-0.05, 0) is 57.0 Å². The lowest BCUT2D eigenvalue weighted by atomic mass is 10.1. The monoisotopic (exact) mass is 310 g/mol. The molecule has 1 heterocycles. The summed E-state index contributed by atoms with van der Waals surface area (Å²) < 4.78 is 5.80. The van der Waals surface area contributed by atoms with Crippen molar-refractivity contribution in [1.29, 1.82) is 0 Å². The summed E-state index contributed by atoms with van der Waals surface area (Å²) >= 11 is 5.93. The highest BCUT2D eigenvalue weighted by molar-refractivity contribution is 6.31. The molecule has 21 heavy (non-hydrogen) atoms. The third-order valence-corrected chi connectivity index (χ3v) is 3.93. The zero-order valence-electron chi connectivity index (χ0n) is 12.5. The Morgan fingerprint density at radius 1 is 1.43 bits per heavy atom. The minimum absolute atomic E-state index is 0.0723. The Hall–Kier alpha value is -1.10. The van der Waals surface area contributed by atoms with E-state index in [2.05, 4.69) is 10.6 Å². The molecule has 0 unspecified atom stereocenters. The molecule has 0 aliphatic carbocycles. The van der Waals surface area contributed by atoms with Crippen molar-refractivity contribution in [3.05, 3.63) is 34.3 Å². The summed E-state index contributed by atoms with van der Waals surface area (Å²) in [4.78, 5) is 12.1. The summed E-state index contributed by atoms with van der Waals surface area (Å²) in [6, 6.07) is 5.36. The fraction of sp³-hybridized carbons (Fsp3) is 0.562. The maximum Gasteiger partial charge on any atom is 0.251 e. The summed E-state index contributed by atoms with van der Waals surface area (Å²) in [5.74, 6) is -0.0723. The second-order valence-electron chi connectivity index (χ2n) is 5.39. The van der Waals surface area contributed by atoms with Crippen LogP contribution < -0.4 is 10.6 Å². The van der Waals surface area contributed by atoms with Crippen LogP contribution in [0, 0.1) is 6.92 Å². The van der Waals surface area contributed by atoms with Gasteiger partial charge in [0.1, 0.15) is 0 Å². The Morgan fingerprint density at radius 2 is 2.19 bits per heavy atom. The number of aryl methyl sites for hydroxylation is 1. The van der Waals surface area contributed by atoms with Gasteiger partial charge in [-0.15, -0.1) is 0 Å². The average molecular weight is 311 g/mol. The number of nitrogens with one attached hydrogen (secondary N) is 2. The van der Waals surface area contributed by atoms with E-state index in [0.717, 1.165) is 37.9 Å². The molecule has 0 aromatic heterocycles. The zero-order valence-corrected chi connectivity index (χ0v) is 13.2. The fourth-order valence-electron chi connectivity index (χ4n) is 2.42. The number of hydrogen-bond donors (Lipinski definition) is 2. The number of carbonyl (C=O) groups is 1. The molecule has 0 bridgehead atoms. The van der Waals surface area contributed by atoms with E-state index >= 15 is 0 Å². The van der Waals surface area contributed by atoms with E-state index < -0.39 is 0 Å². The molecule has 0 spiro atoms. The second kappa shape index (κ2) is 8.37. The lowest BCUT2D eigenvalue weighted by Crippen LogP contribution is -2.33. The van der Waals surface area contributed by atoms with Gasteiger partial charge in [0.05, 0.1) is 6.10 Å². The molecule has 2 N–H and O–H groups in total. The maximum atomic E-state index is 12.1. The number of halogens is 1. The van der Waals surface area contributed by atoms with Crippen molar-refractivity contribution in [3.63, 3.8) is 0 Å². The third kappa shape index (κ3) is 5.30. The van der Waals surface area contributed by atoms with Crippen molar-refractivity contribution in [2.24, 2.45) is 0 Å². The zero-order chi connectivity index (χ0) is 15.1. The molecule has 1 aliphatic heterocycles. The second-order valence-corrected chi connectivity index (χ2v) is 5.83. The molecule has 1 aromatic carbocycles. The largest absolute Gasteiger partial charge is 0.378 e. The summed E-state index contributed by atoms with van der Waals surface area (Å²) in [6.45, 7) is 5.30. The number of amides is 1. The van der Waals surface area contributed by atoms with Crippen LogP contribution in [0.3, 0.4) is 0 Å². The lowest BCUT2D eigenvalue weighted by molar-refractivity contribution is 0.0318. The average Bonchev–Trinajstić information content (AvgIpc) is 2.50. The van der Waals surface area contributed by atoms with Gasteiger partial charge in [-0.25, -0.2) is 0 Å². The van der Waals surface area contributed by atoms with Crippen LogP contribution in [0.1, 0.15) is 35.2 Å². The molecule has 4 nitrogen and oxygen atoms in total. The molecular weight excluding hydrogens is 288 g/mol. The van der Waals surface area contributed by atoms with E-state index in [9.17, 15) is 4.79 Å². The van der Waals surface area contributed by atoms with Crippen LogP contribution in [0.5, 0.6) is 0 Å². The van der Waals surface area contributed by atoms with Crippen LogP contribution in [0.25, 0.3) is 0 Å². The highest BCUT2D eigenvalue weighted by Crippen LogP contribution is 2.15.